The summed E-state index contributed by atoms with van der Waals surface area (Å²) in [6, 6.07) is 0. The van der Waals surface area contributed by atoms with Crippen LogP contribution >= 0.6 is 23.2 Å². The molecule has 0 saturated heterocycles. The van der Waals surface area contributed by atoms with E-state index in [-0.39, 0.29) is 22.4 Å². The van der Waals surface area contributed by atoms with Gasteiger partial charge in [-0.15, -0.1) is 6.42 Å². The van der Waals surface area contributed by atoms with Gasteiger partial charge in [0, 0.05) is 6.61 Å². The van der Waals surface area contributed by atoms with Crippen molar-refractivity contribution in [3.05, 3.63) is 22.5 Å². The van der Waals surface area contributed by atoms with E-state index in [1.54, 1.807) is 6.08 Å². The molecule has 122 valence electrons. The molecule has 0 aromatic rings. The van der Waals surface area contributed by atoms with Gasteiger partial charge in [0.1, 0.15) is 10.3 Å². The van der Waals surface area contributed by atoms with Gasteiger partial charge in [-0.1, -0.05) is 43.0 Å². The summed E-state index contributed by atoms with van der Waals surface area (Å²) in [5.41, 5.74) is -0.359. The summed E-state index contributed by atoms with van der Waals surface area (Å²) in [5.74, 6) is 0.211. The Morgan fingerprint density at radius 1 is 1.55 bits per heavy atom. The Hall–Kier alpha value is -1.02. The number of hydrogen-bond acceptors (Lipinski definition) is 3. The fourth-order valence-corrected chi connectivity index (χ4v) is 2.64. The normalized spacial score (nSPS) is 24.1. The van der Waals surface area contributed by atoms with Crippen LogP contribution in [0.3, 0.4) is 0 Å². The summed E-state index contributed by atoms with van der Waals surface area (Å²) in [7, 11) is 0. The van der Waals surface area contributed by atoms with Gasteiger partial charge in [0.2, 0.25) is 6.10 Å². The molecule has 0 radical (unpaired) electrons. The summed E-state index contributed by atoms with van der Waals surface area (Å²) in [6.07, 6.45) is 7.40. The Labute approximate surface area is 140 Å². The summed E-state index contributed by atoms with van der Waals surface area (Å²) >= 11 is 11.2. The SMILES string of the molecule is C#CC(OC(=O)C1C(C=C(Cl)Cl)C1(C)C)C(F)=CCCCO. The minimum atomic E-state index is -1.35. The number of hydrogen-bond donors (Lipinski definition) is 1. The van der Waals surface area contributed by atoms with Crippen LogP contribution in [-0.4, -0.2) is 23.8 Å². The highest BCUT2D eigenvalue weighted by molar-refractivity contribution is 6.55. The van der Waals surface area contributed by atoms with Gasteiger partial charge in [-0.05, 0) is 36.3 Å². The lowest BCUT2D eigenvalue weighted by Gasteiger charge is -2.11. The second-order valence-electron chi connectivity index (χ2n) is 5.72. The largest absolute Gasteiger partial charge is 0.441 e. The van der Waals surface area contributed by atoms with Crippen LogP contribution in [0.15, 0.2) is 22.5 Å². The Morgan fingerprint density at radius 2 is 2.18 bits per heavy atom. The molecule has 1 aliphatic rings. The van der Waals surface area contributed by atoms with Gasteiger partial charge in [0.05, 0.1) is 5.92 Å². The highest BCUT2D eigenvalue weighted by Crippen LogP contribution is 2.60. The number of unbranched alkanes of at least 4 members (excludes halogenated alkanes) is 1. The number of esters is 1. The van der Waals surface area contributed by atoms with Crippen LogP contribution in [0.25, 0.3) is 0 Å². The Kier molecular flexibility index (Phi) is 6.93. The number of ether oxygens (including phenoxy) is 1. The van der Waals surface area contributed by atoms with Gasteiger partial charge >= 0.3 is 5.97 Å². The number of carbonyl (C=O) groups is 1. The van der Waals surface area contributed by atoms with E-state index < -0.39 is 23.8 Å². The van der Waals surface area contributed by atoms with Crippen molar-refractivity contribution in [1.82, 2.24) is 0 Å². The number of rotatable bonds is 7. The number of halogens is 3. The van der Waals surface area contributed by atoms with E-state index >= 15 is 0 Å². The van der Waals surface area contributed by atoms with E-state index in [1.165, 1.54) is 6.08 Å². The molecule has 0 aromatic carbocycles. The zero-order chi connectivity index (χ0) is 16.9. The van der Waals surface area contributed by atoms with Crippen molar-refractivity contribution in [1.29, 1.82) is 0 Å². The topological polar surface area (TPSA) is 46.5 Å². The molecule has 1 N–H and O–H groups in total. The third kappa shape index (κ3) is 4.74. The fourth-order valence-electron chi connectivity index (χ4n) is 2.37. The molecule has 0 aromatic heterocycles. The third-order valence-electron chi connectivity index (χ3n) is 3.81. The average Bonchev–Trinajstić information content (AvgIpc) is 2.96. The number of carbonyl (C=O) groups excluding carboxylic acids is 1. The number of terminal acetylenes is 1. The second kappa shape index (κ2) is 8.01. The first-order valence-electron chi connectivity index (χ1n) is 6.91. The molecular formula is C16H19Cl2FO3. The Balaban J connectivity index is 2.69. The first-order chi connectivity index (χ1) is 10.3. The zero-order valence-corrected chi connectivity index (χ0v) is 14.0. The molecule has 0 amide bonds. The summed E-state index contributed by atoms with van der Waals surface area (Å²) in [6.45, 7) is 3.69. The van der Waals surface area contributed by atoms with E-state index in [9.17, 15) is 9.18 Å². The van der Waals surface area contributed by atoms with Gasteiger partial charge in [-0.3, -0.25) is 4.79 Å². The van der Waals surface area contributed by atoms with Gasteiger partial charge in [-0.25, -0.2) is 4.39 Å². The predicted octanol–water partition coefficient (Wildman–Crippen LogP) is 3.75. The maximum Gasteiger partial charge on any atom is 0.311 e. The molecule has 3 unspecified atom stereocenters. The van der Waals surface area contributed by atoms with E-state index in [0.29, 0.717) is 12.8 Å². The molecule has 0 bridgehead atoms. The molecule has 1 saturated carbocycles. The van der Waals surface area contributed by atoms with Crippen molar-refractivity contribution in [2.45, 2.75) is 32.8 Å². The molecule has 0 spiro atoms. The molecule has 6 heteroatoms. The zero-order valence-electron chi connectivity index (χ0n) is 12.5. The van der Waals surface area contributed by atoms with E-state index in [4.69, 9.17) is 39.5 Å². The summed E-state index contributed by atoms with van der Waals surface area (Å²) in [5, 5.41) is 8.66. The number of allylic oxidation sites excluding steroid dienone is 2. The number of aliphatic hydroxyl groups is 1. The molecule has 0 heterocycles. The first-order valence-corrected chi connectivity index (χ1v) is 7.67. The molecule has 3 nitrogen and oxygen atoms in total. The predicted molar refractivity (Wildman–Crippen MR) is 84.8 cm³/mol. The van der Waals surface area contributed by atoms with Crippen molar-refractivity contribution < 1.29 is 19.0 Å². The van der Waals surface area contributed by atoms with Crippen molar-refractivity contribution >= 4 is 29.2 Å². The van der Waals surface area contributed by atoms with E-state index in [2.05, 4.69) is 5.92 Å². The molecule has 1 aliphatic carbocycles. The minimum Gasteiger partial charge on any atom is -0.441 e. The van der Waals surface area contributed by atoms with Crippen LogP contribution in [0, 0.1) is 29.6 Å². The van der Waals surface area contributed by atoms with Crippen molar-refractivity contribution in [2.24, 2.45) is 17.3 Å². The lowest BCUT2D eigenvalue weighted by atomic mass is 10.1. The molecule has 1 fully saturated rings. The molecule has 1 rings (SSSR count). The van der Waals surface area contributed by atoms with Crippen molar-refractivity contribution in [2.75, 3.05) is 6.61 Å². The van der Waals surface area contributed by atoms with Crippen LogP contribution in [0.4, 0.5) is 4.39 Å². The van der Waals surface area contributed by atoms with Crippen LogP contribution in [0.2, 0.25) is 0 Å². The fraction of sp³-hybridized carbons (Fsp3) is 0.562. The molecule has 3 atom stereocenters. The van der Waals surface area contributed by atoms with Gasteiger partial charge in [0.25, 0.3) is 0 Å². The standard InChI is InChI=1S/C16H19Cl2FO3/c1-4-12(11(19)7-5-6-8-20)22-15(21)14-10(9-13(17)18)16(14,2)3/h1,7,9-10,12,14,20H,5-6,8H2,2-3H3. The lowest BCUT2D eigenvalue weighted by molar-refractivity contribution is -0.148. The second-order valence-corrected chi connectivity index (χ2v) is 6.73. The molecule has 0 aliphatic heterocycles. The van der Waals surface area contributed by atoms with E-state index in [0.717, 1.165) is 0 Å². The Morgan fingerprint density at radius 3 is 2.68 bits per heavy atom. The van der Waals surface area contributed by atoms with Crippen LogP contribution in [0.5, 0.6) is 0 Å². The highest BCUT2D eigenvalue weighted by Gasteiger charge is 2.62. The smallest absolute Gasteiger partial charge is 0.311 e. The molecule has 22 heavy (non-hydrogen) atoms. The van der Waals surface area contributed by atoms with Gasteiger partial charge < -0.3 is 9.84 Å². The minimum absolute atomic E-state index is 0.0479. The molecular weight excluding hydrogens is 330 g/mol. The Bertz CT molecular complexity index is 516. The van der Waals surface area contributed by atoms with Gasteiger partial charge in [0.15, 0.2) is 0 Å². The van der Waals surface area contributed by atoms with Crippen LogP contribution < -0.4 is 0 Å². The van der Waals surface area contributed by atoms with Crippen LogP contribution in [0.1, 0.15) is 26.7 Å². The highest BCUT2D eigenvalue weighted by atomic mass is 35.5. The van der Waals surface area contributed by atoms with E-state index in [1.807, 2.05) is 13.8 Å². The van der Waals surface area contributed by atoms with Gasteiger partial charge in [-0.2, -0.15) is 0 Å². The lowest BCUT2D eigenvalue weighted by Crippen LogP contribution is -2.20. The van der Waals surface area contributed by atoms with Crippen LogP contribution in [-0.2, 0) is 9.53 Å². The van der Waals surface area contributed by atoms with Crippen molar-refractivity contribution in [3.63, 3.8) is 0 Å². The summed E-state index contributed by atoms with van der Waals surface area (Å²) in [4.78, 5) is 12.1. The first kappa shape index (κ1) is 19.0. The van der Waals surface area contributed by atoms with Crippen molar-refractivity contribution in [3.8, 4) is 12.3 Å². The average molecular weight is 349 g/mol. The third-order valence-corrected chi connectivity index (χ3v) is 4.06. The number of aliphatic hydroxyl groups excluding tert-OH is 1. The maximum absolute atomic E-state index is 13.8. The summed E-state index contributed by atoms with van der Waals surface area (Å²) < 4.78 is 19.0. The monoisotopic (exact) mass is 348 g/mol. The quantitative estimate of drug-likeness (QED) is 0.433. The maximum atomic E-state index is 13.8.